The van der Waals surface area contributed by atoms with E-state index >= 15 is 0 Å². The van der Waals surface area contributed by atoms with E-state index in [4.69, 9.17) is 11.6 Å². The molecule has 1 aliphatic heterocycles. The van der Waals surface area contributed by atoms with Crippen molar-refractivity contribution >= 4 is 29.3 Å². The molecule has 0 spiro atoms. The predicted octanol–water partition coefficient (Wildman–Crippen LogP) is 3.03. The fourth-order valence-corrected chi connectivity index (χ4v) is 3.49. The van der Waals surface area contributed by atoms with Crippen molar-refractivity contribution in [1.29, 1.82) is 0 Å². The molecule has 2 aromatic rings. The van der Waals surface area contributed by atoms with Gasteiger partial charge in [0.2, 0.25) is 5.91 Å². The molecule has 0 radical (unpaired) electrons. The number of hydrogen-bond donors (Lipinski definition) is 1. The average molecular weight is 403 g/mol. The number of amides is 3. The third-order valence-electron chi connectivity index (χ3n) is 4.81. The number of nitrogens with one attached hydrogen (secondary N) is 1. The van der Waals surface area contributed by atoms with Gasteiger partial charge in [-0.3, -0.25) is 24.0 Å². The molecule has 1 N–H and O–H groups in total. The average Bonchev–Trinajstić information content (AvgIpc) is 3.18. The lowest BCUT2D eigenvalue weighted by atomic mass is 10.1. The standard InChI is InChI=1S/C20H23ClN4O3/c1-2-25-17(16(21)12-23-25)13-22-18(26)10-4-3-7-11-24-19(27)14-8-5-6-9-15(14)20(24)28/h5-6,8-9,12H,2-4,7,10-11,13H2,1H3,(H,22,26). The van der Waals surface area contributed by atoms with E-state index in [1.165, 1.54) is 4.90 Å². The molecule has 0 unspecified atom stereocenters. The molecule has 3 amide bonds. The number of fused-ring (bicyclic) bond motifs is 1. The zero-order valence-corrected chi connectivity index (χ0v) is 16.5. The predicted molar refractivity (Wildman–Crippen MR) is 105 cm³/mol. The maximum atomic E-state index is 12.3. The molecule has 2 heterocycles. The molecular formula is C20H23ClN4O3. The Hall–Kier alpha value is -2.67. The van der Waals surface area contributed by atoms with Crippen molar-refractivity contribution < 1.29 is 14.4 Å². The minimum absolute atomic E-state index is 0.0550. The van der Waals surface area contributed by atoms with E-state index in [1.54, 1.807) is 35.1 Å². The van der Waals surface area contributed by atoms with E-state index in [1.807, 2.05) is 6.92 Å². The number of aryl methyl sites for hydroxylation is 1. The summed E-state index contributed by atoms with van der Waals surface area (Å²) in [4.78, 5) is 37.9. The van der Waals surface area contributed by atoms with Crippen molar-refractivity contribution in [3.63, 3.8) is 0 Å². The van der Waals surface area contributed by atoms with Crippen molar-refractivity contribution in [3.05, 3.63) is 52.3 Å². The SMILES string of the molecule is CCn1ncc(Cl)c1CNC(=O)CCCCCN1C(=O)c2ccccc2C1=O. The maximum Gasteiger partial charge on any atom is 0.261 e. The summed E-state index contributed by atoms with van der Waals surface area (Å²) < 4.78 is 1.75. The second-order valence-corrected chi connectivity index (χ2v) is 7.06. The lowest BCUT2D eigenvalue weighted by Gasteiger charge is -2.13. The van der Waals surface area contributed by atoms with Crippen LogP contribution in [0.25, 0.3) is 0 Å². The van der Waals surface area contributed by atoms with E-state index in [2.05, 4.69) is 10.4 Å². The summed E-state index contributed by atoms with van der Waals surface area (Å²) in [5.74, 6) is -0.522. The molecule has 148 valence electrons. The van der Waals surface area contributed by atoms with Crippen molar-refractivity contribution in [2.45, 2.75) is 45.7 Å². The van der Waals surface area contributed by atoms with Gasteiger partial charge in [0.05, 0.1) is 34.6 Å². The topological polar surface area (TPSA) is 84.3 Å². The van der Waals surface area contributed by atoms with E-state index in [9.17, 15) is 14.4 Å². The molecule has 3 rings (SSSR count). The largest absolute Gasteiger partial charge is 0.350 e. The van der Waals surface area contributed by atoms with Crippen LogP contribution in [0.2, 0.25) is 5.02 Å². The Bertz CT molecular complexity index is 858. The van der Waals surface area contributed by atoms with Crippen LogP contribution in [0.5, 0.6) is 0 Å². The van der Waals surface area contributed by atoms with Crippen molar-refractivity contribution in [3.8, 4) is 0 Å². The molecule has 1 aromatic carbocycles. The number of imide groups is 1. The number of carbonyl (C=O) groups excluding carboxylic acids is 3. The minimum atomic E-state index is -0.234. The summed E-state index contributed by atoms with van der Waals surface area (Å²) in [7, 11) is 0. The van der Waals surface area contributed by atoms with E-state index < -0.39 is 0 Å². The first-order chi connectivity index (χ1) is 13.5. The van der Waals surface area contributed by atoms with Crippen molar-refractivity contribution in [1.82, 2.24) is 20.0 Å². The first-order valence-electron chi connectivity index (χ1n) is 9.45. The number of halogens is 1. The quantitative estimate of drug-likeness (QED) is 0.516. The maximum absolute atomic E-state index is 12.3. The van der Waals surface area contributed by atoms with E-state index in [-0.39, 0.29) is 17.7 Å². The Balaban J connectivity index is 1.36. The van der Waals surface area contributed by atoms with Gasteiger partial charge in [-0.25, -0.2) is 0 Å². The summed E-state index contributed by atoms with van der Waals surface area (Å²) in [6.45, 7) is 3.37. The third kappa shape index (κ3) is 4.25. The minimum Gasteiger partial charge on any atom is -0.350 e. The second-order valence-electron chi connectivity index (χ2n) is 6.65. The first-order valence-corrected chi connectivity index (χ1v) is 9.82. The third-order valence-corrected chi connectivity index (χ3v) is 5.13. The van der Waals surface area contributed by atoms with Crippen LogP contribution in [0.4, 0.5) is 0 Å². The summed E-state index contributed by atoms with van der Waals surface area (Å²) in [5.41, 5.74) is 1.73. The lowest BCUT2D eigenvalue weighted by Crippen LogP contribution is -2.30. The summed E-state index contributed by atoms with van der Waals surface area (Å²) >= 11 is 6.08. The van der Waals surface area contributed by atoms with Crippen LogP contribution >= 0.6 is 11.6 Å². The summed E-state index contributed by atoms with van der Waals surface area (Å²) in [5, 5.41) is 7.54. The van der Waals surface area contributed by atoms with Gasteiger partial charge in [-0.05, 0) is 31.9 Å². The van der Waals surface area contributed by atoms with Crippen molar-refractivity contribution in [2.24, 2.45) is 0 Å². The zero-order valence-electron chi connectivity index (χ0n) is 15.8. The molecule has 28 heavy (non-hydrogen) atoms. The molecular weight excluding hydrogens is 380 g/mol. The number of unbranched alkanes of at least 4 members (excludes halogenated alkanes) is 2. The number of aromatic nitrogens is 2. The molecule has 7 nitrogen and oxygen atoms in total. The van der Waals surface area contributed by atoms with Crippen LogP contribution in [0, 0.1) is 0 Å². The Morgan fingerprint density at radius 3 is 2.43 bits per heavy atom. The van der Waals surface area contributed by atoms with E-state index in [0.29, 0.717) is 55.0 Å². The molecule has 0 saturated heterocycles. The molecule has 1 aromatic heterocycles. The summed E-state index contributed by atoms with van der Waals surface area (Å²) in [6.07, 6.45) is 4.09. The van der Waals surface area contributed by atoms with Gasteiger partial charge >= 0.3 is 0 Å². The number of carbonyl (C=O) groups is 3. The number of rotatable bonds is 9. The Kier molecular flexibility index (Phi) is 6.46. The second kappa shape index (κ2) is 9.01. The highest BCUT2D eigenvalue weighted by atomic mass is 35.5. The smallest absolute Gasteiger partial charge is 0.261 e. The monoisotopic (exact) mass is 402 g/mol. The lowest BCUT2D eigenvalue weighted by molar-refractivity contribution is -0.121. The Morgan fingerprint density at radius 2 is 1.79 bits per heavy atom. The van der Waals surface area contributed by atoms with Crippen LogP contribution in [0.15, 0.2) is 30.5 Å². The van der Waals surface area contributed by atoms with Gasteiger partial charge in [0.25, 0.3) is 11.8 Å². The van der Waals surface area contributed by atoms with Gasteiger partial charge in [-0.15, -0.1) is 0 Å². The normalized spacial score (nSPS) is 13.1. The first kappa shape index (κ1) is 20.1. The van der Waals surface area contributed by atoms with Gasteiger partial charge in [0, 0.05) is 19.5 Å². The molecule has 0 atom stereocenters. The van der Waals surface area contributed by atoms with Gasteiger partial charge in [-0.1, -0.05) is 30.2 Å². The number of nitrogens with zero attached hydrogens (tertiary/aromatic N) is 3. The van der Waals surface area contributed by atoms with Crippen LogP contribution in [-0.4, -0.2) is 38.9 Å². The molecule has 1 aliphatic rings. The molecule has 0 bridgehead atoms. The highest BCUT2D eigenvalue weighted by Gasteiger charge is 2.34. The van der Waals surface area contributed by atoms with Gasteiger partial charge in [-0.2, -0.15) is 5.10 Å². The molecule has 8 heteroatoms. The van der Waals surface area contributed by atoms with E-state index in [0.717, 1.165) is 12.1 Å². The van der Waals surface area contributed by atoms with Crippen LogP contribution < -0.4 is 5.32 Å². The number of benzene rings is 1. The number of hydrogen-bond acceptors (Lipinski definition) is 4. The highest BCUT2D eigenvalue weighted by Crippen LogP contribution is 2.22. The molecule has 0 saturated carbocycles. The van der Waals surface area contributed by atoms with Crippen LogP contribution in [0.1, 0.15) is 59.0 Å². The zero-order chi connectivity index (χ0) is 20.1. The van der Waals surface area contributed by atoms with Gasteiger partial charge in [0.15, 0.2) is 0 Å². The Labute approximate surface area is 168 Å². The van der Waals surface area contributed by atoms with Crippen LogP contribution in [-0.2, 0) is 17.9 Å². The fourth-order valence-electron chi connectivity index (χ4n) is 3.28. The van der Waals surface area contributed by atoms with Gasteiger partial charge < -0.3 is 5.32 Å². The van der Waals surface area contributed by atoms with Gasteiger partial charge in [0.1, 0.15) is 0 Å². The molecule has 0 fully saturated rings. The van der Waals surface area contributed by atoms with Crippen molar-refractivity contribution in [2.75, 3.05) is 6.54 Å². The molecule has 0 aliphatic carbocycles. The summed E-state index contributed by atoms with van der Waals surface area (Å²) in [6, 6.07) is 6.87. The fraction of sp³-hybridized carbons (Fsp3) is 0.400. The van der Waals surface area contributed by atoms with Crippen LogP contribution in [0.3, 0.4) is 0 Å². The highest BCUT2D eigenvalue weighted by molar-refractivity contribution is 6.31. The Morgan fingerprint density at radius 1 is 1.11 bits per heavy atom.